The smallest absolute Gasteiger partial charge is 0.173 e. The number of anilines is 1. The lowest BCUT2D eigenvalue weighted by Crippen LogP contribution is -2.25. The maximum atomic E-state index is 5.50. The molecule has 2 aliphatic rings. The molecule has 2 aliphatic heterocycles. The van der Waals surface area contributed by atoms with E-state index in [1.54, 1.807) is 19.6 Å². The van der Waals surface area contributed by atoms with E-state index in [-0.39, 0.29) is 6.23 Å². The molecule has 3 heterocycles. The Labute approximate surface area is 140 Å². The summed E-state index contributed by atoms with van der Waals surface area (Å²) in [6.07, 6.45) is 8.20. The van der Waals surface area contributed by atoms with Gasteiger partial charge in [-0.3, -0.25) is 4.90 Å². The van der Waals surface area contributed by atoms with Crippen LogP contribution >= 0.6 is 0 Å². The minimum Gasteiger partial charge on any atom is -0.494 e. The molecule has 24 heavy (non-hydrogen) atoms. The Bertz CT molecular complexity index is 832. The minimum atomic E-state index is -0.0934. The lowest BCUT2D eigenvalue weighted by Gasteiger charge is -2.21. The third kappa shape index (κ3) is 2.49. The van der Waals surface area contributed by atoms with Gasteiger partial charge in [0.05, 0.1) is 26.5 Å². The molecule has 1 aromatic heterocycles. The SMILES string of the molecule is COc1ccc(C2=CCOCC2)c2ncc(N3C=COC3C)nc12. The summed E-state index contributed by atoms with van der Waals surface area (Å²) >= 11 is 0. The van der Waals surface area contributed by atoms with Crippen LogP contribution in [0.5, 0.6) is 5.75 Å². The number of benzene rings is 1. The molecule has 0 fully saturated rings. The Kier molecular flexibility index (Phi) is 3.82. The second kappa shape index (κ2) is 6.13. The van der Waals surface area contributed by atoms with Crippen LogP contribution < -0.4 is 9.64 Å². The first-order valence-corrected chi connectivity index (χ1v) is 7.99. The van der Waals surface area contributed by atoms with E-state index < -0.39 is 0 Å². The highest BCUT2D eigenvalue weighted by Crippen LogP contribution is 2.33. The predicted octanol–water partition coefficient (Wildman–Crippen LogP) is 3.10. The van der Waals surface area contributed by atoms with Crippen LogP contribution in [0.1, 0.15) is 18.9 Å². The molecular weight excluding hydrogens is 306 g/mol. The fourth-order valence-electron chi connectivity index (χ4n) is 3.05. The van der Waals surface area contributed by atoms with Crippen LogP contribution in [-0.4, -0.2) is 36.5 Å². The first-order valence-electron chi connectivity index (χ1n) is 7.99. The van der Waals surface area contributed by atoms with E-state index >= 15 is 0 Å². The molecule has 6 nitrogen and oxygen atoms in total. The first kappa shape index (κ1) is 15.0. The van der Waals surface area contributed by atoms with E-state index in [9.17, 15) is 0 Å². The van der Waals surface area contributed by atoms with E-state index in [0.29, 0.717) is 12.4 Å². The van der Waals surface area contributed by atoms with Crippen LogP contribution in [0.4, 0.5) is 5.82 Å². The van der Waals surface area contributed by atoms with Crippen LogP contribution in [0, 0.1) is 0 Å². The largest absolute Gasteiger partial charge is 0.494 e. The molecule has 0 spiro atoms. The molecule has 124 valence electrons. The zero-order valence-electron chi connectivity index (χ0n) is 13.7. The van der Waals surface area contributed by atoms with E-state index in [1.165, 1.54) is 5.57 Å². The molecule has 0 radical (unpaired) electrons. The van der Waals surface area contributed by atoms with Crippen molar-refractivity contribution in [1.29, 1.82) is 0 Å². The lowest BCUT2D eigenvalue weighted by atomic mass is 9.99. The second-order valence-electron chi connectivity index (χ2n) is 5.72. The Hall–Kier alpha value is -2.60. The number of hydrogen-bond acceptors (Lipinski definition) is 6. The Balaban J connectivity index is 1.86. The van der Waals surface area contributed by atoms with Gasteiger partial charge in [0.25, 0.3) is 0 Å². The third-order valence-electron chi connectivity index (χ3n) is 4.33. The van der Waals surface area contributed by atoms with Gasteiger partial charge in [0.1, 0.15) is 23.0 Å². The van der Waals surface area contributed by atoms with Crippen LogP contribution in [0.25, 0.3) is 16.6 Å². The molecule has 6 heteroatoms. The maximum Gasteiger partial charge on any atom is 0.173 e. The van der Waals surface area contributed by atoms with Crippen molar-refractivity contribution in [3.05, 3.63) is 42.4 Å². The van der Waals surface area contributed by atoms with Gasteiger partial charge in [0, 0.05) is 11.8 Å². The summed E-state index contributed by atoms with van der Waals surface area (Å²) in [5.74, 6) is 1.45. The van der Waals surface area contributed by atoms with Crippen molar-refractivity contribution in [2.75, 3.05) is 25.2 Å². The molecule has 0 bridgehead atoms. The van der Waals surface area contributed by atoms with Gasteiger partial charge in [0.15, 0.2) is 12.0 Å². The molecule has 0 saturated carbocycles. The van der Waals surface area contributed by atoms with Crippen molar-refractivity contribution in [3.63, 3.8) is 0 Å². The highest BCUT2D eigenvalue weighted by Gasteiger charge is 2.21. The Morgan fingerprint density at radius 2 is 2.21 bits per heavy atom. The minimum absolute atomic E-state index is 0.0934. The number of nitrogens with zero attached hydrogens (tertiary/aromatic N) is 3. The predicted molar refractivity (Wildman–Crippen MR) is 91.7 cm³/mol. The zero-order chi connectivity index (χ0) is 16.5. The molecule has 4 rings (SSSR count). The number of rotatable bonds is 3. The monoisotopic (exact) mass is 325 g/mol. The zero-order valence-corrected chi connectivity index (χ0v) is 13.7. The average molecular weight is 325 g/mol. The van der Waals surface area contributed by atoms with Crippen molar-refractivity contribution in [2.45, 2.75) is 19.6 Å². The number of hydrogen-bond donors (Lipinski definition) is 0. The Morgan fingerprint density at radius 1 is 1.29 bits per heavy atom. The van der Waals surface area contributed by atoms with Crippen molar-refractivity contribution in [1.82, 2.24) is 9.97 Å². The summed E-state index contributed by atoms with van der Waals surface area (Å²) in [6.45, 7) is 3.34. The number of aromatic nitrogens is 2. The Morgan fingerprint density at radius 3 is 2.92 bits per heavy atom. The van der Waals surface area contributed by atoms with Crippen LogP contribution in [-0.2, 0) is 9.47 Å². The standard InChI is InChI=1S/C18H19N3O3/c1-12-21(7-10-24-12)16-11-19-17-14(13-5-8-23-9-6-13)3-4-15(22-2)18(17)20-16/h3-5,7,10-12H,6,8-9H2,1-2H3. The summed E-state index contributed by atoms with van der Waals surface area (Å²) in [4.78, 5) is 11.4. The van der Waals surface area contributed by atoms with Gasteiger partial charge in [-0.15, -0.1) is 0 Å². The van der Waals surface area contributed by atoms with Gasteiger partial charge >= 0.3 is 0 Å². The molecule has 0 amide bonds. The van der Waals surface area contributed by atoms with E-state index in [4.69, 9.17) is 19.2 Å². The van der Waals surface area contributed by atoms with Gasteiger partial charge in [-0.25, -0.2) is 9.97 Å². The topological polar surface area (TPSA) is 56.7 Å². The molecule has 0 aliphatic carbocycles. The second-order valence-corrected chi connectivity index (χ2v) is 5.72. The molecule has 1 aromatic carbocycles. The molecule has 1 unspecified atom stereocenters. The maximum absolute atomic E-state index is 5.50. The molecule has 0 saturated heterocycles. The highest BCUT2D eigenvalue weighted by molar-refractivity contribution is 5.93. The van der Waals surface area contributed by atoms with Crippen molar-refractivity contribution in [2.24, 2.45) is 0 Å². The molecule has 2 aromatic rings. The molecule has 0 N–H and O–H groups in total. The van der Waals surface area contributed by atoms with Crippen LogP contribution in [0.2, 0.25) is 0 Å². The summed E-state index contributed by atoms with van der Waals surface area (Å²) in [5, 5.41) is 0. The van der Waals surface area contributed by atoms with Crippen molar-refractivity contribution in [3.8, 4) is 5.75 Å². The number of methoxy groups -OCH3 is 1. The van der Waals surface area contributed by atoms with Gasteiger partial charge in [-0.1, -0.05) is 6.08 Å². The molecule has 1 atom stereocenters. The first-order chi connectivity index (χ1) is 11.8. The average Bonchev–Trinajstić information content (AvgIpc) is 3.07. The van der Waals surface area contributed by atoms with E-state index in [1.807, 2.05) is 30.2 Å². The normalized spacial score (nSPS) is 20.2. The van der Waals surface area contributed by atoms with Gasteiger partial charge < -0.3 is 14.2 Å². The van der Waals surface area contributed by atoms with Gasteiger partial charge in [0.2, 0.25) is 0 Å². The summed E-state index contributed by atoms with van der Waals surface area (Å²) in [5.41, 5.74) is 3.94. The van der Waals surface area contributed by atoms with Crippen LogP contribution in [0.3, 0.4) is 0 Å². The van der Waals surface area contributed by atoms with Crippen molar-refractivity contribution < 1.29 is 14.2 Å². The summed E-state index contributed by atoms with van der Waals surface area (Å²) in [7, 11) is 1.65. The summed E-state index contributed by atoms with van der Waals surface area (Å²) < 4.78 is 16.3. The fourth-order valence-corrected chi connectivity index (χ4v) is 3.05. The fraction of sp³-hybridized carbons (Fsp3) is 0.333. The lowest BCUT2D eigenvalue weighted by molar-refractivity contribution is 0.161. The van der Waals surface area contributed by atoms with Gasteiger partial charge in [-0.05, 0) is 31.1 Å². The number of ether oxygens (including phenoxy) is 3. The summed E-state index contributed by atoms with van der Waals surface area (Å²) in [6, 6.07) is 4.00. The van der Waals surface area contributed by atoms with E-state index in [0.717, 1.165) is 35.4 Å². The van der Waals surface area contributed by atoms with Crippen LogP contribution in [0.15, 0.2) is 36.9 Å². The third-order valence-corrected chi connectivity index (χ3v) is 4.33. The quantitative estimate of drug-likeness (QED) is 0.864. The number of fused-ring (bicyclic) bond motifs is 1. The van der Waals surface area contributed by atoms with Gasteiger partial charge in [-0.2, -0.15) is 0 Å². The van der Waals surface area contributed by atoms with Crippen molar-refractivity contribution >= 4 is 22.4 Å². The highest BCUT2D eigenvalue weighted by atomic mass is 16.5. The van der Waals surface area contributed by atoms with E-state index in [2.05, 4.69) is 11.1 Å². The molecular formula is C18H19N3O3.